The molecule has 0 spiro atoms. The molecule has 0 amide bonds. The number of quaternary nitrogens is 1. The zero-order valence-electron chi connectivity index (χ0n) is 21.4. The zero-order valence-corrected chi connectivity index (χ0v) is 22.3. The van der Waals surface area contributed by atoms with Gasteiger partial charge in [-0.15, -0.1) is 0 Å². The Morgan fingerprint density at radius 1 is 0.742 bits per heavy atom. The standard InChI is InChI=1S/C26H52NO3P/c1-6-8-9-10-11-12-13-14-15-16-17-18-19-20-21-22-23-25-30-31(28,29)26(24-7-2)27(3,4)5/h12-13,18-19,26H,6-11,14-17,20-25H2,1-5H3/p+1/b13-12-,19-18-. The molecule has 5 heteroatoms. The highest BCUT2D eigenvalue weighted by Crippen LogP contribution is 2.51. The van der Waals surface area contributed by atoms with Crippen molar-refractivity contribution in [2.24, 2.45) is 0 Å². The molecule has 2 atom stereocenters. The lowest BCUT2D eigenvalue weighted by molar-refractivity contribution is -0.883. The number of nitrogens with zero attached hydrogens (tertiary/aromatic N) is 1. The van der Waals surface area contributed by atoms with E-state index < -0.39 is 7.60 Å². The minimum Gasteiger partial charge on any atom is -0.320 e. The summed E-state index contributed by atoms with van der Waals surface area (Å²) in [5, 5.41) is 0. The molecule has 0 saturated heterocycles. The van der Waals surface area contributed by atoms with E-state index in [0.717, 1.165) is 32.1 Å². The largest absolute Gasteiger partial charge is 0.385 e. The Balaban J connectivity index is 3.67. The number of allylic oxidation sites excluding steroid dienone is 4. The van der Waals surface area contributed by atoms with Gasteiger partial charge in [-0.05, 0) is 64.2 Å². The van der Waals surface area contributed by atoms with E-state index in [-0.39, 0.29) is 5.78 Å². The van der Waals surface area contributed by atoms with Gasteiger partial charge in [-0.1, -0.05) is 63.8 Å². The van der Waals surface area contributed by atoms with Crippen molar-refractivity contribution in [1.29, 1.82) is 0 Å². The smallest absolute Gasteiger partial charge is 0.320 e. The first kappa shape index (κ1) is 30.6. The topological polar surface area (TPSA) is 46.5 Å². The minimum atomic E-state index is -3.58. The van der Waals surface area contributed by atoms with E-state index in [1.165, 1.54) is 57.8 Å². The van der Waals surface area contributed by atoms with Crippen LogP contribution in [0.4, 0.5) is 0 Å². The maximum absolute atomic E-state index is 12.6. The number of hydrogen-bond acceptors (Lipinski definition) is 2. The van der Waals surface area contributed by atoms with Gasteiger partial charge in [0, 0.05) is 6.42 Å². The third-order valence-corrected chi connectivity index (χ3v) is 7.92. The summed E-state index contributed by atoms with van der Waals surface area (Å²) >= 11 is 0. The van der Waals surface area contributed by atoms with Gasteiger partial charge in [0.25, 0.3) is 0 Å². The Labute approximate surface area is 194 Å². The highest BCUT2D eigenvalue weighted by Gasteiger charge is 2.41. The van der Waals surface area contributed by atoms with Crippen LogP contribution in [0.3, 0.4) is 0 Å². The molecule has 0 aliphatic rings. The summed E-state index contributed by atoms with van der Waals surface area (Å²) in [5.74, 6) is -0.346. The summed E-state index contributed by atoms with van der Waals surface area (Å²) in [6.45, 7) is 4.68. The Morgan fingerprint density at radius 3 is 1.61 bits per heavy atom. The molecule has 0 heterocycles. The van der Waals surface area contributed by atoms with Crippen molar-refractivity contribution in [1.82, 2.24) is 0 Å². The van der Waals surface area contributed by atoms with Crippen LogP contribution >= 0.6 is 7.60 Å². The summed E-state index contributed by atoms with van der Waals surface area (Å²) in [7, 11) is 2.31. The maximum atomic E-state index is 12.6. The molecule has 184 valence electrons. The summed E-state index contributed by atoms with van der Waals surface area (Å²) < 4.78 is 18.6. The normalized spacial score (nSPS) is 15.7. The molecule has 0 aromatic carbocycles. The van der Waals surface area contributed by atoms with Crippen molar-refractivity contribution in [3.05, 3.63) is 24.3 Å². The Kier molecular flexibility index (Phi) is 18.8. The van der Waals surface area contributed by atoms with E-state index in [9.17, 15) is 9.46 Å². The average molecular weight is 459 g/mol. The van der Waals surface area contributed by atoms with Crippen LogP contribution in [-0.4, -0.2) is 42.9 Å². The van der Waals surface area contributed by atoms with E-state index in [2.05, 4.69) is 31.2 Å². The Bertz CT molecular complexity index is 511. The van der Waals surface area contributed by atoms with E-state index in [4.69, 9.17) is 4.52 Å². The molecule has 0 aromatic rings. The quantitative estimate of drug-likeness (QED) is 0.0815. The number of unbranched alkanes of at least 4 members (excludes halogenated alkanes) is 10. The second-order valence-corrected chi connectivity index (χ2v) is 11.7. The van der Waals surface area contributed by atoms with E-state index in [0.29, 0.717) is 17.5 Å². The molecule has 0 radical (unpaired) electrons. The van der Waals surface area contributed by atoms with Crippen LogP contribution in [0.5, 0.6) is 0 Å². The van der Waals surface area contributed by atoms with Crippen LogP contribution in [-0.2, 0) is 9.09 Å². The predicted octanol–water partition coefficient (Wildman–Crippen LogP) is 8.22. The molecular formula is C26H53NO3P+. The molecule has 0 aliphatic heterocycles. The van der Waals surface area contributed by atoms with Crippen LogP contribution < -0.4 is 0 Å². The van der Waals surface area contributed by atoms with Crippen LogP contribution in [0.1, 0.15) is 110 Å². The van der Waals surface area contributed by atoms with Crippen molar-refractivity contribution in [2.45, 2.75) is 116 Å². The maximum Gasteiger partial charge on any atom is 0.385 e. The van der Waals surface area contributed by atoms with Gasteiger partial charge in [-0.2, -0.15) is 0 Å². The van der Waals surface area contributed by atoms with Crippen LogP contribution in [0.2, 0.25) is 0 Å². The lowest BCUT2D eigenvalue weighted by Crippen LogP contribution is -2.45. The lowest BCUT2D eigenvalue weighted by Gasteiger charge is -2.35. The van der Waals surface area contributed by atoms with Crippen LogP contribution in [0.25, 0.3) is 0 Å². The van der Waals surface area contributed by atoms with Crippen LogP contribution in [0.15, 0.2) is 24.3 Å². The third-order valence-electron chi connectivity index (χ3n) is 5.66. The minimum absolute atomic E-state index is 0.346. The van der Waals surface area contributed by atoms with E-state index >= 15 is 0 Å². The first-order chi connectivity index (χ1) is 14.8. The second-order valence-electron chi connectivity index (χ2n) is 9.71. The number of rotatable bonds is 21. The van der Waals surface area contributed by atoms with Gasteiger partial charge in [-0.25, -0.2) is 0 Å². The van der Waals surface area contributed by atoms with Gasteiger partial charge >= 0.3 is 7.60 Å². The SMILES string of the molecule is CCCCCC/C=C\CCCC/C=C\CCCCCOP(=O)(O)C(CCC)[N+](C)(C)C. The summed E-state index contributed by atoms with van der Waals surface area (Å²) in [6, 6.07) is 0. The first-order valence-electron chi connectivity index (χ1n) is 12.8. The van der Waals surface area contributed by atoms with E-state index in [1.807, 2.05) is 28.1 Å². The Morgan fingerprint density at radius 2 is 1.19 bits per heavy atom. The fourth-order valence-corrected chi connectivity index (χ4v) is 5.78. The zero-order chi connectivity index (χ0) is 23.4. The van der Waals surface area contributed by atoms with Crippen molar-refractivity contribution >= 4 is 7.60 Å². The average Bonchev–Trinajstić information content (AvgIpc) is 2.70. The molecule has 0 rings (SSSR count). The molecule has 0 saturated carbocycles. The van der Waals surface area contributed by atoms with Crippen molar-refractivity contribution in [2.75, 3.05) is 27.7 Å². The molecule has 0 fully saturated rings. The monoisotopic (exact) mass is 458 g/mol. The molecule has 0 bridgehead atoms. The first-order valence-corrected chi connectivity index (χ1v) is 14.5. The fourth-order valence-electron chi connectivity index (χ4n) is 3.75. The summed E-state index contributed by atoms with van der Waals surface area (Å²) in [5.41, 5.74) is 0. The van der Waals surface area contributed by atoms with Gasteiger partial charge in [0.15, 0.2) is 5.78 Å². The molecule has 31 heavy (non-hydrogen) atoms. The lowest BCUT2D eigenvalue weighted by atomic mass is 10.1. The highest BCUT2D eigenvalue weighted by atomic mass is 31.2. The predicted molar refractivity (Wildman–Crippen MR) is 136 cm³/mol. The second kappa shape index (κ2) is 19.1. The van der Waals surface area contributed by atoms with Gasteiger partial charge in [0.05, 0.1) is 27.7 Å². The molecule has 2 unspecified atom stereocenters. The Hall–Kier alpha value is -0.410. The molecule has 4 nitrogen and oxygen atoms in total. The summed E-state index contributed by atoms with van der Waals surface area (Å²) in [4.78, 5) is 10.4. The molecule has 1 N–H and O–H groups in total. The fraction of sp³-hybridized carbons (Fsp3) is 0.846. The van der Waals surface area contributed by atoms with Gasteiger partial charge in [0.1, 0.15) is 0 Å². The van der Waals surface area contributed by atoms with Gasteiger partial charge in [-0.3, -0.25) is 4.57 Å². The van der Waals surface area contributed by atoms with Gasteiger partial charge in [0.2, 0.25) is 0 Å². The van der Waals surface area contributed by atoms with Crippen molar-refractivity contribution < 1.29 is 18.5 Å². The highest BCUT2D eigenvalue weighted by molar-refractivity contribution is 7.53. The molecule has 0 aromatic heterocycles. The van der Waals surface area contributed by atoms with Crippen molar-refractivity contribution in [3.8, 4) is 0 Å². The van der Waals surface area contributed by atoms with E-state index in [1.54, 1.807) is 0 Å². The summed E-state index contributed by atoms with van der Waals surface area (Å²) in [6.07, 6.45) is 26.6. The van der Waals surface area contributed by atoms with Crippen molar-refractivity contribution in [3.63, 3.8) is 0 Å². The molecule has 0 aliphatic carbocycles. The van der Waals surface area contributed by atoms with Crippen LogP contribution in [0, 0.1) is 0 Å². The van der Waals surface area contributed by atoms with Gasteiger partial charge < -0.3 is 13.9 Å². The molecular weight excluding hydrogens is 405 g/mol. The number of hydrogen-bond donors (Lipinski definition) is 1. The third kappa shape index (κ3) is 17.8.